The molecule has 0 aliphatic carbocycles. The molecule has 0 amide bonds. The van der Waals surface area contributed by atoms with Gasteiger partial charge in [-0.3, -0.25) is 0 Å². The Morgan fingerprint density at radius 2 is 2.18 bits per heavy atom. The van der Waals surface area contributed by atoms with Crippen LogP contribution in [0.25, 0.3) is 0 Å². The van der Waals surface area contributed by atoms with Gasteiger partial charge in [0.2, 0.25) is 0 Å². The number of piperidine rings is 1. The Balaban J connectivity index is 1.91. The van der Waals surface area contributed by atoms with Gasteiger partial charge in [0.15, 0.2) is 0 Å². The van der Waals surface area contributed by atoms with Crippen molar-refractivity contribution in [1.29, 1.82) is 0 Å². The van der Waals surface area contributed by atoms with Crippen molar-refractivity contribution in [2.45, 2.75) is 18.2 Å². The van der Waals surface area contributed by atoms with E-state index in [2.05, 4.69) is 37.9 Å². The van der Waals surface area contributed by atoms with Crippen molar-refractivity contribution in [2.24, 2.45) is 5.92 Å². The first-order valence-electron chi connectivity index (χ1n) is 6.08. The Hall–Kier alpha value is -0.610. The van der Waals surface area contributed by atoms with Gasteiger partial charge >= 0.3 is 0 Å². The van der Waals surface area contributed by atoms with E-state index >= 15 is 0 Å². The first-order chi connectivity index (χ1) is 8.33. The second-order valence-electron chi connectivity index (χ2n) is 4.54. The van der Waals surface area contributed by atoms with E-state index in [1.807, 2.05) is 6.20 Å². The molecule has 3 nitrogen and oxygen atoms in total. The average Bonchev–Trinajstić information content (AvgIpc) is 2.40. The molecule has 0 aromatic carbocycles. The molecule has 0 unspecified atom stereocenters. The molecule has 2 heterocycles. The highest BCUT2D eigenvalue weighted by atomic mass is 79.9. The molecule has 1 aliphatic heterocycles. The minimum atomic E-state index is 0.720. The Morgan fingerprint density at radius 1 is 1.41 bits per heavy atom. The van der Waals surface area contributed by atoms with Crippen LogP contribution in [0.15, 0.2) is 18.3 Å². The van der Waals surface area contributed by atoms with Crippen LogP contribution in [-0.2, 0) is 10.1 Å². The number of alkyl halides is 1. The van der Waals surface area contributed by atoms with E-state index < -0.39 is 0 Å². The monoisotopic (exact) mass is 298 g/mol. The second-order valence-corrected chi connectivity index (χ2v) is 5.10. The lowest BCUT2D eigenvalue weighted by Crippen LogP contribution is -2.35. The van der Waals surface area contributed by atoms with Crippen LogP contribution in [0, 0.1) is 5.92 Å². The number of nitrogens with zero attached hydrogens (tertiary/aromatic N) is 2. The number of halogens is 1. The molecular weight excluding hydrogens is 280 g/mol. The summed E-state index contributed by atoms with van der Waals surface area (Å²) in [5, 5.41) is 0.871. The first-order valence-corrected chi connectivity index (χ1v) is 7.20. The summed E-state index contributed by atoms with van der Waals surface area (Å²) in [6.07, 6.45) is 4.36. The highest BCUT2D eigenvalue weighted by Gasteiger charge is 2.19. The molecule has 0 saturated carbocycles. The lowest BCUT2D eigenvalue weighted by molar-refractivity contribution is 0.139. The summed E-state index contributed by atoms with van der Waals surface area (Å²) in [5.74, 6) is 1.82. The summed E-state index contributed by atoms with van der Waals surface area (Å²) in [6.45, 7) is 3.08. The highest BCUT2D eigenvalue weighted by Crippen LogP contribution is 2.22. The molecule has 4 heteroatoms. The van der Waals surface area contributed by atoms with Gasteiger partial charge in [-0.25, -0.2) is 4.98 Å². The van der Waals surface area contributed by atoms with E-state index in [4.69, 9.17) is 4.74 Å². The summed E-state index contributed by atoms with van der Waals surface area (Å²) < 4.78 is 5.21. The van der Waals surface area contributed by atoms with Crippen LogP contribution in [0.4, 0.5) is 5.82 Å². The fraction of sp³-hybridized carbons (Fsp3) is 0.615. The summed E-state index contributed by atoms with van der Waals surface area (Å²) in [7, 11) is 1.78. The van der Waals surface area contributed by atoms with E-state index in [0.29, 0.717) is 0 Å². The van der Waals surface area contributed by atoms with Crippen LogP contribution in [0.1, 0.15) is 18.4 Å². The van der Waals surface area contributed by atoms with E-state index in [1.165, 1.54) is 18.4 Å². The smallest absolute Gasteiger partial charge is 0.128 e. The zero-order valence-electron chi connectivity index (χ0n) is 10.2. The number of methoxy groups -OCH3 is 1. The molecule has 1 aromatic rings. The molecule has 1 saturated heterocycles. The van der Waals surface area contributed by atoms with Gasteiger partial charge in [-0.05, 0) is 30.4 Å². The molecule has 0 N–H and O–H groups in total. The van der Waals surface area contributed by atoms with Gasteiger partial charge in [0.25, 0.3) is 0 Å². The van der Waals surface area contributed by atoms with Crippen molar-refractivity contribution in [3.63, 3.8) is 0 Å². The molecule has 1 aliphatic rings. The summed E-state index contributed by atoms with van der Waals surface area (Å²) in [6, 6.07) is 4.26. The fourth-order valence-corrected chi connectivity index (χ4v) is 2.58. The third-order valence-electron chi connectivity index (χ3n) is 3.30. The fourth-order valence-electron chi connectivity index (χ4n) is 2.25. The van der Waals surface area contributed by atoms with Crippen LogP contribution in [0.5, 0.6) is 0 Å². The summed E-state index contributed by atoms with van der Waals surface area (Å²) >= 11 is 3.44. The minimum Gasteiger partial charge on any atom is -0.384 e. The predicted molar refractivity (Wildman–Crippen MR) is 73.7 cm³/mol. The third kappa shape index (κ3) is 3.42. The molecule has 1 aromatic heterocycles. The number of anilines is 1. The molecule has 0 bridgehead atoms. The molecule has 0 spiro atoms. The maximum atomic E-state index is 5.21. The molecule has 1 fully saturated rings. The summed E-state index contributed by atoms with van der Waals surface area (Å²) in [4.78, 5) is 6.87. The zero-order valence-corrected chi connectivity index (χ0v) is 11.8. The predicted octanol–water partition coefficient (Wildman–Crippen LogP) is 2.84. The normalized spacial score (nSPS) is 17.4. The van der Waals surface area contributed by atoms with Crippen molar-refractivity contribution in [1.82, 2.24) is 4.98 Å². The number of aromatic nitrogens is 1. The minimum absolute atomic E-state index is 0.720. The van der Waals surface area contributed by atoms with Crippen molar-refractivity contribution in [3.8, 4) is 0 Å². The molecular formula is C13H19BrN2O. The van der Waals surface area contributed by atoms with E-state index in [0.717, 1.165) is 36.8 Å². The maximum Gasteiger partial charge on any atom is 0.128 e. The molecule has 94 valence electrons. The van der Waals surface area contributed by atoms with Gasteiger partial charge in [0.1, 0.15) is 5.82 Å². The Labute approximate surface area is 111 Å². The number of hydrogen-bond acceptors (Lipinski definition) is 3. The van der Waals surface area contributed by atoms with Crippen molar-refractivity contribution >= 4 is 21.7 Å². The van der Waals surface area contributed by atoms with Crippen LogP contribution in [0.2, 0.25) is 0 Å². The second kappa shape index (κ2) is 6.36. The van der Waals surface area contributed by atoms with Crippen LogP contribution in [0.3, 0.4) is 0 Å². The Bertz CT molecular complexity index is 334. The number of ether oxygens (including phenoxy) is 1. The Morgan fingerprint density at radius 3 is 2.71 bits per heavy atom. The van der Waals surface area contributed by atoms with Crippen LogP contribution < -0.4 is 4.90 Å². The number of rotatable bonds is 4. The van der Waals surface area contributed by atoms with E-state index in [-0.39, 0.29) is 0 Å². The zero-order chi connectivity index (χ0) is 12.1. The molecule has 0 atom stereocenters. The van der Waals surface area contributed by atoms with Crippen molar-refractivity contribution in [3.05, 3.63) is 23.9 Å². The van der Waals surface area contributed by atoms with Gasteiger partial charge < -0.3 is 9.64 Å². The highest BCUT2D eigenvalue weighted by molar-refractivity contribution is 9.08. The number of pyridine rings is 1. The molecule has 0 radical (unpaired) electrons. The topological polar surface area (TPSA) is 25.4 Å². The molecule has 17 heavy (non-hydrogen) atoms. The van der Waals surface area contributed by atoms with E-state index in [1.54, 1.807) is 7.11 Å². The third-order valence-corrected chi connectivity index (χ3v) is 3.95. The Kier molecular flexibility index (Phi) is 4.80. The molecule has 2 rings (SSSR count). The van der Waals surface area contributed by atoms with Gasteiger partial charge in [-0.1, -0.05) is 22.0 Å². The quantitative estimate of drug-likeness (QED) is 0.799. The summed E-state index contributed by atoms with van der Waals surface area (Å²) in [5.41, 5.74) is 1.23. The van der Waals surface area contributed by atoms with E-state index in [9.17, 15) is 0 Å². The largest absolute Gasteiger partial charge is 0.384 e. The van der Waals surface area contributed by atoms with Crippen LogP contribution >= 0.6 is 15.9 Å². The van der Waals surface area contributed by atoms with Crippen molar-refractivity contribution in [2.75, 3.05) is 31.7 Å². The van der Waals surface area contributed by atoms with Gasteiger partial charge in [0.05, 0.1) is 0 Å². The lowest BCUT2D eigenvalue weighted by Gasteiger charge is -2.32. The standard InChI is InChI=1S/C13H19BrN2O/c1-17-10-11-4-6-16(7-5-11)13-3-2-12(8-14)9-15-13/h2-3,9,11H,4-8,10H2,1H3. The van der Waals surface area contributed by atoms with Gasteiger partial charge in [-0.15, -0.1) is 0 Å². The van der Waals surface area contributed by atoms with Crippen LogP contribution in [-0.4, -0.2) is 31.8 Å². The van der Waals surface area contributed by atoms with Gasteiger partial charge in [0, 0.05) is 38.3 Å². The van der Waals surface area contributed by atoms with Gasteiger partial charge in [-0.2, -0.15) is 0 Å². The number of hydrogen-bond donors (Lipinski definition) is 0. The average molecular weight is 299 g/mol. The maximum absolute atomic E-state index is 5.21. The van der Waals surface area contributed by atoms with Crippen molar-refractivity contribution < 1.29 is 4.74 Å². The first kappa shape index (κ1) is 12.8. The lowest BCUT2D eigenvalue weighted by atomic mass is 9.98. The SMILES string of the molecule is COCC1CCN(c2ccc(CBr)cn2)CC1.